The Morgan fingerprint density at radius 2 is 1.52 bits per heavy atom. The third-order valence-corrected chi connectivity index (χ3v) is 4.84. The topological polar surface area (TPSA) is 91.3 Å². The molecule has 0 radical (unpaired) electrons. The molecule has 174 valence electrons. The minimum atomic E-state index is -0.956. The molecule has 0 unspecified atom stereocenters. The molecule has 0 amide bonds. The summed E-state index contributed by atoms with van der Waals surface area (Å²) in [6.07, 6.45) is 13.1. The molecule has 0 bridgehead atoms. The van der Waals surface area contributed by atoms with Crippen LogP contribution in [0.15, 0.2) is 23.8 Å². The van der Waals surface area contributed by atoms with Crippen LogP contribution < -0.4 is 4.74 Å². The van der Waals surface area contributed by atoms with Gasteiger partial charge in [0.05, 0.1) is 20.8 Å². The number of hydrogen-bond acceptors (Lipinski definition) is 7. The first kappa shape index (κ1) is 26.5. The number of carbonyl (C=O) groups is 2. The third kappa shape index (κ3) is 10.9. The number of carbonyl (C=O) groups excluding carboxylic acids is 2. The Balaban J connectivity index is 2.48. The number of rotatable bonds is 16. The molecule has 0 aliphatic carbocycles. The first-order valence-corrected chi connectivity index (χ1v) is 11.0. The van der Waals surface area contributed by atoms with E-state index >= 15 is 0 Å². The van der Waals surface area contributed by atoms with Gasteiger partial charge < -0.3 is 14.6 Å². The van der Waals surface area contributed by atoms with Crippen molar-refractivity contribution in [3.8, 4) is 11.5 Å². The van der Waals surface area contributed by atoms with E-state index in [1.54, 1.807) is 0 Å². The Morgan fingerprint density at radius 1 is 0.903 bits per heavy atom. The van der Waals surface area contributed by atoms with Gasteiger partial charge in [-0.1, -0.05) is 70.8 Å². The van der Waals surface area contributed by atoms with Crippen LogP contribution in [-0.2, 0) is 24.1 Å². The van der Waals surface area contributed by atoms with Crippen LogP contribution in [0.25, 0.3) is 6.08 Å². The van der Waals surface area contributed by atoms with Crippen molar-refractivity contribution < 1.29 is 33.9 Å². The first-order chi connectivity index (χ1) is 15.0. The van der Waals surface area contributed by atoms with Crippen LogP contribution in [0.2, 0.25) is 0 Å². The van der Waals surface area contributed by atoms with Crippen LogP contribution in [0.1, 0.15) is 76.7 Å². The lowest BCUT2D eigenvalue weighted by molar-refractivity contribution is -0.250. The van der Waals surface area contributed by atoms with Crippen molar-refractivity contribution >= 4 is 18.0 Å². The maximum atomic E-state index is 12.4. The Bertz CT molecular complexity index is 697. The molecule has 1 N–H and O–H groups in total. The fraction of sp³-hybridized carbons (Fsp3) is 0.583. The van der Waals surface area contributed by atoms with E-state index in [0.29, 0.717) is 5.56 Å². The van der Waals surface area contributed by atoms with E-state index in [1.165, 1.54) is 83.4 Å². The molecule has 1 aromatic rings. The summed E-state index contributed by atoms with van der Waals surface area (Å²) in [5, 5.41) is 9.69. The number of aromatic hydroxyl groups is 1. The van der Waals surface area contributed by atoms with Crippen molar-refractivity contribution in [2.45, 2.75) is 71.1 Å². The fourth-order valence-corrected chi connectivity index (χ4v) is 3.10. The highest BCUT2D eigenvalue weighted by atomic mass is 17.2. The number of ether oxygens (including phenoxy) is 2. The van der Waals surface area contributed by atoms with E-state index in [4.69, 9.17) is 9.47 Å². The Labute approximate surface area is 185 Å². The Morgan fingerprint density at radius 3 is 2.10 bits per heavy atom. The van der Waals surface area contributed by atoms with Gasteiger partial charge >= 0.3 is 11.9 Å². The largest absolute Gasteiger partial charge is 0.504 e. The van der Waals surface area contributed by atoms with Gasteiger partial charge in [0.1, 0.15) is 5.57 Å². The predicted octanol–water partition coefficient (Wildman–Crippen LogP) is 5.35. The minimum Gasteiger partial charge on any atom is -0.504 e. The molecule has 7 nitrogen and oxygen atoms in total. The van der Waals surface area contributed by atoms with Crippen LogP contribution in [0.5, 0.6) is 11.5 Å². The molecule has 0 heterocycles. The normalized spacial score (nSPS) is 11.3. The van der Waals surface area contributed by atoms with Gasteiger partial charge in [-0.05, 0) is 30.2 Å². The predicted molar refractivity (Wildman–Crippen MR) is 119 cm³/mol. The molecule has 0 atom stereocenters. The molecule has 0 fully saturated rings. The molecule has 0 saturated heterocycles. The summed E-state index contributed by atoms with van der Waals surface area (Å²) in [5.41, 5.74) is 0.162. The lowest BCUT2D eigenvalue weighted by Gasteiger charge is -2.08. The lowest BCUT2D eigenvalue weighted by Crippen LogP contribution is -2.18. The zero-order valence-electron chi connectivity index (χ0n) is 19.0. The smallest absolute Gasteiger partial charge is 0.380 e. The van der Waals surface area contributed by atoms with Crippen LogP contribution in [-0.4, -0.2) is 37.9 Å². The summed E-state index contributed by atoms with van der Waals surface area (Å²) in [4.78, 5) is 33.4. The van der Waals surface area contributed by atoms with Crippen molar-refractivity contribution in [2.24, 2.45) is 0 Å². The van der Waals surface area contributed by atoms with E-state index in [1.807, 2.05) is 0 Å². The van der Waals surface area contributed by atoms with Gasteiger partial charge in [0.15, 0.2) is 11.5 Å². The molecular formula is C24H36O7. The number of benzene rings is 1. The monoisotopic (exact) mass is 436 g/mol. The second-order valence-electron chi connectivity index (χ2n) is 7.34. The molecular weight excluding hydrogens is 400 g/mol. The summed E-state index contributed by atoms with van der Waals surface area (Å²) < 4.78 is 10.3. The fourth-order valence-electron chi connectivity index (χ4n) is 3.10. The zero-order chi connectivity index (χ0) is 22.9. The molecule has 0 aliphatic rings. The summed E-state index contributed by atoms with van der Waals surface area (Å²) >= 11 is 0. The maximum absolute atomic E-state index is 12.4. The van der Waals surface area contributed by atoms with Gasteiger partial charge in [-0.3, -0.25) is 4.89 Å². The number of methoxy groups -OCH3 is 1. The highest BCUT2D eigenvalue weighted by molar-refractivity contribution is 6.17. The molecule has 0 aliphatic heterocycles. The number of phenolic OH excluding ortho intramolecular Hbond substituents is 1. The summed E-state index contributed by atoms with van der Waals surface area (Å²) in [6, 6.07) is 4.43. The van der Waals surface area contributed by atoms with Crippen LogP contribution in [0.3, 0.4) is 0 Å². The molecule has 7 heteroatoms. The van der Waals surface area contributed by atoms with Gasteiger partial charge in [0.2, 0.25) is 0 Å². The molecule has 0 spiro atoms. The van der Waals surface area contributed by atoms with Crippen molar-refractivity contribution in [3.63, 3.8) is 0 Å². The van der Waals surface area contributed by atoms with Crippen LogP contribution in [0, 0.1) is 0 Å². The number of esters is 1. The average Bonchev–Trinajstić information content (AvgIpc) is 2.76. The summed E-state index contributed by atoms with van der Waals surface area (Å²) in [5.74, 6) is -1.58. The van der Waals surface area contributed by atoms with Crippen molar-refractivity contribution in [2.75, 3.05) is 20.8 Å². The molecule has 0 saturated carbocycles. The molecule has 1 aromatic carbocycles. The maximum Gasteiger partial charge on any atom is 0.380 e. The highest BCUT2D eigenvalue weighted by Gasteiger charge is 2.22. The van der Waals surface area contributed by atoms with Crippen molar-refractivity contribution in [1.82, 2.24) is 0 Å². The molecule has 1 rings (SSSR count). The standard InChI is InChI=1S/C24H36O7/c1-4-5-6-7-8-9-10-11-12-13-16-30-23(26)20(24(27)31-29-3)17-19-14-15-21(25)22(18-19)28-2/h14-15,17-18,25H,4-13,16H2,1-3H3. The zero-order valence-corrected chi connectivity index (χ0v) is 19.0. The second-order valence-corrected chi connectivity index (χ2v) is 7.34. The molecule has 31 heavy (non-hydrogen) atoms. The van der Waals surface area contributed by atoms with E-state index in [2.05, 4.69) is 16.7 Å². The summed E-state index contributed by atoms with van der Waals surface area (Å²) in [6.45, 7) is 2.45. The van der Waals surface area contributed by atoms with Gasteiger partial charge in [0, 0.05) is 0 Å². The van der Waals surface area contributed by atoms with E-state index in [9.17, 15) is 14.7 Å². The van der Waals surface area contributed by atoms with Crippen LogP contribution >= 0.6 is 0 Å². The third-order valence-electron chi connectivity index (χ3n) is 4.84. The van der Waals surface area contributed by atoms with Gasteiger partial charge in [0.25, 0.3) is 0 Å². The van der Waals surface area contributed by atoms with Crippen LogP contribution in [0.4, 0.5) is 0 Å². The van der Waals surface area contributed by atoms with Gasteiger partial charge in [-0.2, -0.15) is 4.89 Å². The minimum absolute atomic E-state index is 0.0517. The van der Waals surface area contributed by atoms with Gasteiger partial charge in [-0.15, -0.1) is 0 Å². The quantitative estimate of drug-likeness (QED) is 0.0710. The Kier molecular flexibility index (Phi) is 13.8. The van der Waals surface area contributed by atoms with E-state index < -0.39 is 11.9 Å². The first-order valence-electron chi connectivity index (χ1n) is 11.0. The number of hydrogen-bond donors (Lipinski definition) is 1. The SMILES string of the molecule is CCCCCCCCCCCCOC(=O)C(=Cc1ccc(O)c(OC)c1)C(=O)OOC. The highest BCUT2D eigenvalue weighted by Crippen LogP contribution is 2.27. The summed E-state index contributed by atoms with van der Waals surface area (Å²) in [7, 11) is 2.58. The number of unbranched alkanes of at least 4 members (excludes halogenated alkanes) is 9. The van der Waals surface area contributed by atoms with Crippen molar-refractivity contribution in [3.05, 3.63) is 29.3 Å². The van der Waals surface area contributed by atoms with Gasteiger partial charge in [-0.25, -0.2) is 9.59 Å². The molecule has 0 aromatic heterocycles. The lowest BCUT2D eigenvalue weighted by atomic mass is 10.1. The average molecular weight is 437 g/mol. The number of phenols is 1. The second kappa shape index (κ2) is 16.2. The van der Waals surface area contributed by atoms with Crippen molar-refractivity contribution in [1.29, 1.82) is 0 Å². The van der Waals surface area contributed by atoms with E-state index in [-0.39, 0.29) is 23.7 Å². The Hall–Kier alpha value is -2.54. The van der Waals surface area contributed by atoms with E-state index in [0.717, 1.165) is 19.3 Å².